The van der Waals surface area contributed by atoms with Crippen molar-refractivity contribution in [3.05, 3.63) is 25.3 Å². The molecule has 11 heteroatoms. The molecule has 0 bridgehead atoms. The predicted molar refractivity (Wildman–Crippen MR) is 112 cm³/mol. The van der Waals surface area contributed by atoms with Crippen molar-refractivity contribution < 1.29 is 41.6 Å². The van der Waals surface area contributed by atoms with E-state index in [9.17, 15) is 22.8 Å². The van der Waals surface area contributed by atoms with Gasteiger partial charge in [-0.05, 0) is 20.3 Å². The number of hydrogen-bond donors (Lipinski definition) is 1. The van der Waals surface area contributed by atoms with Gasteiger partial charge < -0.3 is 14.2 Å². The first-order valence-corrected chi connectivity index (χ1v) is 10.8. The van der Waals surface area contributed by atoms with Gasteiger partial charge in [-0.2, -0.15) is 8.42 Å². The molecule has 2 unspecified atom stereocenters. The zero-order valence-corrected chi connectivity index (χ0v) is 17.9. The summed E-state index contributed by atoms with van der Waals surface area (Å²) in [7, 11) is -4.61. The molecule has 0 aliphatic carbocycles. The van der Waals surface area contributed by atoms with E-state index in [4.69, 9.17) is 18.8 Å². The van der Waals surface area contributed by atoms with E-state index in [0.717, 1.165) is 31.4 Å². The van der Waals surface area contributed by atoms with Crippen LogP contribution in [0.25, 0.3) is 0 Å². The van der Waals surface area contributed by atoms with Crippen molar-refractivity contribution in [1.29, 1.82) is 0 Å². The van der Waals surface area contributed by atoms with Crippen molar-refractivity contribution in [2.45, 2.75) is 65.1 Å². The van der Waals surface area contributed by atoms with Crippen molar-refractivity contribution in [2.24, 2.45) is 5.41 Å². The van der Waals surface area contributed by atoms with Gasteiger partial charge in [-0.25, -0.2) is 9.59 Å². The maximum absolute atomic E-state index is 13.0. The van der Waals surface area contributed by atoms with Crippen LogP contribution >= 0.6 is 0 Å². The van der Waals surface area contributed by atoms with E-state index < -0.39 is 51.6 Å². The molecule has 9 nitrogen and oxygen atoms in total. The van der Waals surface area contributed by atoms with Gasteiger partial charge in [0.1, 0.15) is 17.6 Å². The van der Waals surface area contributed by atoms with Crippen LogP contribution in [-0.2, 0) is 38.7 Å². The molecule has 30 heavy (non-hydrogen) atoms. The topological polar surface area (TPSA) is 133 Å². The molecule has 0 heterocycles. The molecule has 168 valence electrons. The summed E-state index contributed by atoms with van der Waals surface area (Å²) in [6, 6.07) is 0. The normalized spacial score (nSPS) is 14.8. The Balaban J connectivity index is 0. The zero-order chi connectivity index (χ0) is 22.7. The Morgan fingerprint density at radius 3 is 1.83 bits per heavy atom. The van der Waals surface area contributed by atoms with Crippen LogP contribution < -0.4 is 0 Å². The molecule has 0 spiro atoms. The fourth-order valence-corrected chi connectivity index (χ4v) is 3.19. The summed E-state index contributed by atoms with van der Waals surface area (Å²) >= 11 is 0. The van der Waals surface area contributed by atoms with Gasteiger partial charge in [0.2, 0.25) is 5.94 Å². The molecular formula is C19H31KO9S. The second-order valence-electron chi connectivity index (χ2n) is 6.55. The number of carbonyl (C=O) groups is 3. The van der Waals surface area contributed by atoms with Crippen molar-refractivity contribution >= 4 is 79.4 Å². The number of ether oxygens (including phenoxy) is 3. The van der Waals surface area contributed by atoms with Gasteiger partial charge in [0.15, 0.2) is 0 Å². The minimum atomic E-state index is -4.61. The number of esters is 3. The fraction of sp³-hybridized carbons (Fsp3) is 0.632. The standard InChI is InChI=1S/C19H30O9S.K.H/c1-6-9-10-11-12-19(14(4)27-16(20)7-2,15(5)28-17(21)8-3)18(22)26-13-29(23,24)25;;/h7-8,14-15H,2-3,6,9-13H2,1,4-5H3,(H,23,24,25);;. The van der Waals surface area contributed by atoms with Gasteiger partial charge in [-0.3, -0.25) is 9.35 Å². The SMILES string of the molecule is C=CC(=O)OC(C)C(CCCCCC)(C(=O)OCS(=O)(=O)O)C(C)OC(=O)C=C.[KH]. The number of carbonyl (C=O) groups excluding carboxylic acids is 3. The third-order valence-electron chi connectivity index (χ3n) is 4.53. The average Bonchev–Trinajstić information content (AvgIpc) is 2.65. The molecule has 0 aromatic heterocycles. The molecule has 0 aromatic rings. The molecule has 0 aliphatic rings. The van der Waals surface area contributed by atoms with Gasteiger partial charge in [0, 0.05) is 12.2 Å². The predicted octanol–water partition coefficient (Wildman–Crippen LogP) is 1.92. The molecule has 0 rings (SSSR count). The van der Waals surface area contributed by atoms with E-state index in [-0.39, 0.29) is 57.8 Å². The van der Waals surface area contributed by atoms with E-state index >= 15 is 0 Å². The molecular weight excluding hydrogens is 443 g/mol. The Hall–Kier alpha value is -0.564. The number of unbranched alkanes of at least 4 members (excludes halogenated alkanes) is 3. The van der Waals surface area contributed by atoms with Crippen LogP contribution in [0, 0.1) is 5.41 Å². The Kier molecular flexibility index (Phi) is 16.1. The minimum absolute atomic E-state index is 0. The molecule has 0 aliphatic heterocycles. The quantitative estimate of drug-likeness (QED) is 0.100. The van der Waals surface area contributed by atoms with Crippen molar-refractivity contribution in [3.8, 4) is 0 Å². The third-order valence-corrected chi connectivity index (χ3v) is 4.95. The van der Waals surface area contributed by atoms with E-state index in [2.05, 4.69) is 13.2 Å². The van der Waals surface area contributed by atoms with E-state index in [1.165, 1.54) is 13.8 Å². The summed E-state index contributed by atoms with van der Waals surface area (Å²) in [5, 5.41) is 0. The Morgan fingerprint density at radius 2 is 1.47 bits per heavy atom. The summed E-state index contributed by atoms with van der Waals surface area (Å²) in [5.41, 5.74) is -1.71. The number of hydrogen-bond acceptors (Lipinski definition) is 8. The molecule has 2 atom stereocenters. The van der Waals surface area contributed by atoms with Crippen LogP contribution in [0.5, 0.6) is 0 Å². The van der Waals surface area contributed by atoms with Crippen LogP contribution in [0.4, 0.5) is 0 Å². The van der Waals surface area contributed by atoms with Crippen LogP contribution in [0.2, 0.25) is 0 Å². The Bertz CT molecular complexity index is 675. The zero-order valence-electron chi connectivity index (χ0n) is 17.1. The monoisotopic (exact) mass is 474 g/mol. The molecule has 1 N–H and O–H groups in total. The van der Waals surface area contributed by atoms with Crippen molar-refractivity contribution in [2.75, 3.05) is 5.94 Å². The van der Waals surface area contributed by atoms with Crippen LogP contribution in [-0.4, -0.2) is 100 Å². The summed E-state index contributed by atoms with van der Waals surface area (Å²) < 4.78 is 46.2. The van der Waals surface area contributed by atoms with Gasteiger partial charge in [-0.1, -0.05) is 45.8 Å². The van der Waals surface area contributed by atoms with Gasteiger partial charge in [0.25, 0.3) is 0 Å². The first-order chi connectivity index (χ1) is 13.4. The maximum atomic E-state index is 13.0. The molecule has 0 fully saturated rings. The molecule has 0 saturated heterocycles. The van der Waals surface area contributed by atoms with Crippen LogP contribution in [0.3, 0.4) is 0 Å². The molecule has 0 amide bonds. The fourth-order valence-electron chi connectivity index (χ4n) is 2.93. The average molecular weight is 475 g/mol. The van der Waals surface area contributed by atoms with Crippen molar-refractivity contribution in [1.82, 2.24) is 0 Å². The summed E-state index contributed by atoms with van der Waals surface area (Å²) in [4.78, 5) is 36.4. The van der Waals surface area contributed by atoms with Gasteiger partial charge >= 0.3 is 79.4 Å². The van der Waals surface area contributed by atoms with Crippen LogP contribution in [0.1, 0.15) is 52.9 Å². The molecule has 0 radical (unpaired) electrons. The second-order valence-corrected chi connectivity index (χ2v) is 7.95. The Labute approximate surface area is 220 Å². The number of rotatable bonds is 14. The van der Waals surface area contributed by atoms with E-state index in [0.29, 0.717) is 6.42 Å². The first kappa shape index (κ1) is 31.6. The third kappa shape index (κ3) is 10.6. The Morgan fingerprint density at radius 1 is 1.00 bits per heavy atom. The molecule has 0 saturated carbocycles. The summed E-state index contributed by atoms with van der Waals surface area (Å²) in [5.74, 6) is -4.01. The van der Waals surface area contributed by atoms with Crippen LogP contribution in [0.15, 0.2) is 25.3 Å². The van der Waals surface area contributed by atoms with Gasteiger partial charge in [0.05, 0.1) is 0 Å². The first-order valence-electron chi connectivity index (χ1n) is 9.23. The summed E-state index contributed by atoms with van der Waals surface area (Å²) in [6.07, 6.45) is 2.58. The van der Waals surface area contributed by atoms with Crippen molar-refractivity contribution in [3.63, 3.8) is 0 Å². The summed E-state index contributed by atoms with van der Waals surface area (Å²) in [6.45, 7) is 11.4. The molecule has 0 aromatic carbocycles. The second kappa shape index (κ2) is 15.3. The van der Waals surface area contributed by atoms with E-state index in [1.54, 1.807) is 0 Å². The van der Waals surface area contributed by atoms with E-state index in [1.807, 2.05) is 6.92 Å². The van der Waals surface area contributed by atoms with Gasteiger partial charge in [-0.15, -0.1) is 0 Å².